The molecule has 0 aliphatic carbocycles. The molecule has 1 aliphatic rings. The summed E-state index contributed by atoms with van der Waals surface area (Å²) in [4.78, 5) is 24.0. The summed E-state index contributed by atoms with van der Waals surface area (Å²) in [6.45, 7) is 5.68. The van der Waals surface area contributed by atoms with Crippen molar-refractivity contribution in [3.05, 3.63) is 34.9 Å². The molecule has 1 amide bonds. The molecule has 2 N–H and O–H groups in total. The largest absolute Gasteiger partial charge is 0.352 e. The van der Waals surface area contributed by atoms with Gasteiger partial charge in [0.15, 0.2) is 5.78 Å². The highest BCUT2D eigenvalue weighted by Crippen LogP contribution is 2.14. The molecular weight excluding hydrogens is 288 g/mol. The molecule has 1 aliphatic heterocycles. The van der Waals surface area contributed by atoms with Gasteiger partial charge >= 0.3 is 0 Å². The Labute approximate surface area is 132 Å². The van der Waals surface area contributed by atoms with Crippen molar-refractivity contribution in [2.24, 2.45) is 0 Å². The summed E-state index contributed by atoms with van der Waals surface area (Å²) in [5.74, 6) is 0.0169. The van der Waals surface area contributed by atoms with Gasteiger partial charge in [0.25, 0.3) is 0 Å². The van der Waals surface area contributed by atoms with Crippen molar-refractivity contribution >= 4 is 24.1 Å². The minimum Gasteiger partial charge on any atom is -0.352 e. The van der Waals surface area contributed by atoms with Crippen LogP contribution in [0.5, 0.6) is 0 Å². The summed E-state index contributed by atoms with van der Waals surface area (Å²) in [6, 6.07) is 6.06. The van der Waals surface area contributed by atoms with Gasteiger partial charge in [-0.1, -0.05) is 17.7 Å². The van der Waals surface area contributed by atoms with Crippen LogP contribution in [0.1, 0.15) is 40.7 Å². The first-order chi connectivity index (χ1) is 9.56. The molecule has 1 atom stereocenters. The number of aryl methyl sites for hydroxylation is 2. The average Bonchev–Trinajstić information content (AvgIpc) is 2.91. The lowest BCUT2D eigenvalue weighted by Gasteiger charge is -2.11. The van der Waals surface area contributed by atoms with E-state index in [1.54, 1.807) is 0 Å². The first-order valence-corrected chi connectivity index (χ1v) is 7.17. The standard InChI is InChI=1S/C16H22N2O2.ClH/c1-11-3-4-12(2)14(9-11)15(19)5-6-16(20)18-13-7-8-17-10-13;/h3-4,9,13,17H,5-8,10H2,1-2H3,(H,18,20);1H. The highest BCUT2D eigenvalue weighted by molar-refractivity contribution is 5.99. The first-order valence-electron chi connectivity index (χ1n) is 7.17. The number of nitrogens with one attached hydrogen (secondary N) is 2. The van der Waals surface area contributed by atoms with Gasteiger partial charge in [0, 0.05) is 31.0 Å². The molecule has 1 unspecified atom stereocenters. The maximum Gasteiger partial charge on any atom is 0.220 e. The van der Waals surface area contributed by atoms with Crippen LogP contribution in [0, 0.1) is 13.8 Å². The predicted octanol–water partition coefficient (Wildman–Crippen LogP) is 2.17. The summed E-state index contributed by atoms with van der Waals surface area (Å²) in [5, 5.41) is 6.16. The molecule has 1 aromatic carbocycles. The quantitative estimate of drug-likeness (QED) is 0.820. The molecule has 21 heavy (non-hydrogen) atoms. The van der Waals surface area contributed by atoms with Gasteiger partial charge < -0.3 is 10.6 Å². The van der Waals surface area contributed by atoms with Crippen molar-refractivity contribution in [2.75, 3.05) is 13.1 Å². The zero-order valence-electron chi connectivity index (χ0n) is 12.6. The van der Waals surface area contributed by atoms with Gasteiger partial charge in [-0.3, -0.25) is 9.59 Å². The minimum atomic E-state index is -0.0302. The number of rotatable bonds is 5. The van der Waals surface area contributed by atoms with E-state index in [0.717, 1.165) is 36.2 Å². The monoisotopic (exact) mass is 310 g/mol. The molecule has 1 heterocycles. The van der Waals surface area contributed by atoms with E-state index in [2.05, 4.69) is 10.6 Å². The molecule has 4 nitrogen and oxygen atoms in total. The average molecular weight is 311 g/mol. The molecule has 1 saturated heterocycles. The van der Waals surface area contributed by atoms with Gasteiger partial charge in [-0.2, -0.15) is 0 Å². The van der Waals surface area contributed by atoms with Crippen LogP contribution in [0.2, 0.25) is 0 Å². The Morgan fingerprint density at radius 1 is 1.29 bits per heavy atom. The fraction of sp³-hybridized carbons (Fsp3) is 0.500. The van der Waals surface area contributed by atoms with Crippen molar-refractivity contribution in [1.29, 1.82) is 0 Å². The van der Waals surface area contributed by atoms with Crippen LogP contribution in [0.3, 0.4) is 0 Å². The topological polar surface area (TPSA) is 58.2 Å². The molecule has 0 bridgehead atoms. The van der Waals surface area contributed by atoms with Crippen LogP contribution < -0.4 is 10.6 Å². The van der Waals surface area contributed by atoms with Crippen molar-refractivity contribution in [1.82, 2.24) is 10.6 Å². The summed E-state index contributed by atoms with van der Waals surface area (Å²) < 4.78 is 0. The van der Waals surface area contributed by atoms with E-state index < -0.39 is 0 Å². The molecule has 0 radical (unpaired) electrons. The second kappa shape index (κ2) is 8.15. The molecule has 1 aromatic rings. The third kappa shape index (κ3) is 5.14. The number of halogens is 1. The molecular formula is C16H23ClN2O2. The van der Waals surface area contributed by atoms with Crippen molar-refractivity contribution in [3.63, 3.8) is 0 Å². The fourth-order valence-electron chi connectivity index (χ4n) is 2.48. The Morgan fingerprint density at radius 3 is 2.71 bits per heavy atom. The van der Waals surface area contributed by atoms with E-state index >= 15 is 0 Å². The number of carbonyl (C=O) groups is 2. The summed E-state index contributed by atoms with van der Waals surface area (Å²) in [5.41, 5.74) is 2.78. The van der Waals surface area contributed by atoms with E-state index in [-0.39, 0.29) is 43.0 Å². The number of amides is 1. The Kier molecular flexibility index (Phi) is 6.85. The number of Topliss-reactive ketones (excluding diaryl/α,β-unsaturated/α-hetero) is 1. The minimum absolute atomic E-state index is 0. The zero-order valence-corrected chi connectivity index (χ0v) is 13.4. The van der Waals surface area contributed by atoms with Crippen LogP contribution in [0.25, 0.3) is 0 Å². The van der Waals surface area contributed by atoms with Gasteiger partial charge in [-0.15, -0.1) is 12.4 Å². The van der Waals surface area contributed by atoms with Gasteiger partial charge in [0.1, 0.15) is 0 Å². The predicted molar refractivity (Wildman–Crippen MR) is 86.1 cm³/mol. The first kappa shape index (κ1) is 17.7. The van der Waals surface area contributed by atoms with Crippen molar-refractivity contribution in [3.8, 4) is 0 Å². The lowest BCUT2D eigenvalue weighted by Crippen LogP contribution is -2.36. The molecule has 0 saturated carbocycles. The maximum atomic E-state index is 12.2. The van der Waals surface area contributed by atoms with Crippen LogP contribution in [-0.4, -0.2) is 30.8 Å². The third-order valence-corrected chi connectivity index (χ3v) is 3.70. The summed E-state index contributed by atoms with van der Waals surface area (Å²) in [6.07, 6.45) is 1.51. The molecule has 5 heteroatoms. The maximum absolute atomic E-state index is 12.2. The summed E-state index contributed by atoms with van der Waals surface area (Å²) in [7, 11) is 0. The number of hydrogen-bond donors (Lipinski definition) is 2. The van der Waals surface area contributed by atoms with Crippen LogP contribution in [0.15, 0.2) is 18.2 Å². The SMILES string of the molecule is Cc1ccc(C)c(C(=O)CCC(=O)NC2CCNC2)c1.Cl. The number of carbonyl (C=O) groups excluding carboxylic acids is 2. The highest BCUT2D eigenvalue weighted by Gasteiger charge is 2.17. The second-order valence-electron chi connectivity index (χ2n) is 5.50. The van der Waals surface area contributed by atoms with Gasteiger partial charge in [-0.05, 0) is 38.4 Å². The number of hydrogen-bond acceptors (Lipinski definition) is 3. The highest BCUT2D eigenvalue weighted by atomic mass is 35.5. The van der Waals surface area contributed by atoms with E-state index in [0.29, 0.717) is 0 Å². The van der Waals surface area contributed by atoms with Crippen molar-refractivity contribution in [2.45, 2.75) is 39.2 Å². The van der Waals surface area contributed by atoms with Gasteiger partial charge in [0.05, 0.1) is 0 Å². The number of benzene rings is 1. The Hall–Kier alpha value is -1.39. The fourth-order valence-corrected chi connectivity index (χ4v) is 2.48. The smallest absolute Gasteiger partial charge is 0.220 e. The van der Waals surface area contributed by atoms with E-state index in [1.165, 1.54) is 0 Å². The lowest BCUT2D eigenvalue weighted by molar-refractivity contribution is -0.121. The van der Waals surface area contributed by atoms with E-state index in [4.69, 9.17) is 0 Å². The number of ketones is 1. The third-order valence-electron chi connectivity index (χ3n) is 3.70. The van der Waals surface area contributed by atoms with Crippen molar-refractivity contribution < 1.29 is 9.59 Å². The van der Waals surface area contributed by atoms with E-state index in [1.807, 2.05) is 32.0 Å². The van der Waals surface area contributed by atoms with Crippen LogP contribution >= 0.6 is 12.4 Å². The molecule has 116 valence electrons. The Morgan fingerprint density at radius 2 is 2.05 bits per heavy atom. The van der Waals surface area contributed by atoms with Crippen LogP contribution in [-0.2, 0) is 4.79 Å². The van der Waals surface area contributed by atoms with Gasteiger partial charge in [0.2, 0.25) is 5.91 Å². The zero-order chi connectivity index (χ0) is 14.5. The lowest BCUT2D eigenvalue weighted by atomic mass is 9.99. The second-order valence-corrected chi connectivity index (χ2v) is 5.50. The normalized spacial score (nSPS) is 17.1. The molecule has 1 fully saturated rings. The van der Waals surface area contributed by atoms with Gasteiger partial charge in [-0.25, -0.2) is 0 Å². The van der Waals surface area contributed by atoms with Crippen LogP contribution in [0.4, 0.5) is 0 Å². The Balaban J connectivity index is 0.00000220. The molecule has 0 aromatic heterocycles. The summed E-state index contributed by atoms with van der Waals surface area (Å²) >= 11 is 0. The molecule has 2 rings (SSSR count). The Bertz CT molecular complexity index is 511. The molecule has 0 spiro atoms. The van der Waals surface area contributed by atoms with E-state index in [9.17, 15) is 9.59 Å².